The van der Waals surface area contributed by atoms with Crippen molar-refractivity contribution in [3.63, 3.8) is 0 Å². The van der Waals surface area contributed by atoms with E-state index in [-0.39, 0.29) is 12.2 Å². The zero-order valence-electron chi connectivity index (χ0n) is 11.8. The van der Waals surface area contributed by atoms with Crippen molar-refractivity contribution in [3.8, 4) is 5.75 Å². The molecule has 4 nitrogen and oxygen atoms in total. The molecule has 0 aliphatic carbocycles. The van der Waals surface area contributed by atoms with Crippen LogP contribution in [0.4, 0.5) is 5.69 Å². The summed E-state index contributed by atoms with van der Waals surface area (Å²) in [5.74, 6) is -0.443. The number of nitrogens with one attached hydrogen (secondary N) is 1. The van der Waals surface area contributed by atoms with Gasteiger partial charge in [0, 0.05) is 10.0 Å². The molecule has 0 aliphatic rings. The molecule has 2 aromatic carbocycles. The fraction of sp³-hybridized carbons (Fsp3) is 0.188. The van der Waals surface area contributed by atoms with Crippen molar-refractivity contribution in [3.05, 3.63) is 57.6 Å². The molecule has 1 atom stereocenters. The molecule has 2 aromatic rings. The molecule has 22 heavy (non-hydrogen) atoms. The lowest BCUT2D eigenvalue weighted by molar-refractivity contribution is -0.118. The zero-order valence-corrected chi connectivity index (χ0v) is 13.3. The van der Waals surface area contributed by atoms with Crippen LogP contribution in [0.15, 0.2) is 36.4 Å². The number of aliphatic hydroxyl groups excluding tert-OH is 1. The van der Waals surface area contributed by atoms with Gasteiger partial charge in [-0.3, -0.25) is 4.79 Å². The van der Waals surface area contributed by atoms with E-state index >= 15 is 0 Å². The van der Waals surface area contributed by atoms with Crippen LogP contribution in [0, 0.1) is 6.92 Å². The number of anilines is 1. The molecule has 0 aliphatic heterocycles. The molecule has 0 fully saturated rings. The number of phenols is 1. The normalized spacial score (nSPS) is 12.0. The number of aromatic hydroxyl groups is 1. The highest BCUT2D eigenvalue weighted by molar-refractivity contribution is 6.34. The number of aryl methyl sites for hydroxylation is 1. The van der Waals surface area contributed by atoms with Gasteiger partial charge in [-0.15, -0.1) is 0 Å². The molecular weight excluding hydrogens is 325 g/mol. The van der Waals surface area contributed by atoms with Crippen LogP contribution in [0.2, 0.25) is 10.0 Å². The Morgan fingerprint density at radius 3 is 2.45 bits per heavy atom. The second-order valence-corrected chi connectivity index (χ2v) is 5.81. The Hall–Kier alpha value is -1.75. The Morgan fingerprint density at radius 1 is 1.23 bits per heavy atom. The largest absolute Gasteiger partial charge is 0.506 e. The van der Waals surface area contributed by atoms with Crippen LogP contribution in [0.5, 0.6) is 5.75 Å². The molecule has 0 saturated heterocycles. The fourth-order valence-electron chi connectivity index (χ4n) is 2.07. The first kappa shape index (κ1) is 16.6. The number of benzene rings is 2. The van der Waals surface area contributed by atoms with E-state index in [4.69, 9.17) is 23.2 Å². The second-order valence-electron chi connectivity index (χ2n) is 4.94. The van der Waals surface area contributed by atoms with Crippen LogP contribution >= 0.6 is 23.2 Å². The summed E-state index contributed by atoms with van der Waals surface area (Å²) >= 11 is 11.7. The number of carbonyl (C=O) groups excluding carboxylic acids is 1. The van der Waals surface area contributed by atoms with Gasteiger partial charge in [-0.1, -0.05) is 35.3 Å². The SMILES string of the molecule is Cc1cccc(O)c1NC(=O)CC(O)c1cc(Cl)cc(Cl)c1. The Labute approximate surface area is 138 Å². The predicted molar refractivity (Wildman–Crippen MR) is 87.5 cm³/mol. The first-order valence-corrected chi connectivity index (χ1v) is 7.35. The Morgan fingerprint density at radius 2 is 1.86 bits per heavy atom. The van der Waals surface area contributed by atoms with Gasteiger partial charge in [0.25, 0.3) is 0 Å². The number of rotatable bonds is 4. The number of halogens is 2. The molecule has 6 heteroatoms. The molecule has 116 valence electrons. The first-order chi connectivity index (χ1) is 10.4. The third-order valence-electron chi connectivity index (χ3n) is 3.16. The molecule has 0 radical (unpaired) electrons. The number of para-hydroxylation sites is 1. The summed E-state index contributed by atoms with van der Waals surface area (Å²) in [5.41, 5.74) is 1.53. The molecule has 0 saturated carbocycles. The van der Waals surface area contributed by atoms with Gasteiger partial charge in [0.2, 0.25) is 5.91 Å². The summed E-state index contributed by atoms with van der Waals surface area (Å²) in [4.78, 5) is 12.0. The van der Waals surface area contributed by atoms with Crippen molar-refractivity contribution in [1.29, 1.82) is 0 Å². The maximum absolute atomic E-state index is 12.0. The Kier molecular flexibility index (Phi) is 5.29. The van der Waals surface area contributed by atoms with Gasteiger partial charge in [0.05, 0.1) is 18.2 Å². The first-order valence-electron chi connectivity index (χ1n) is 6.59. The van der Waals surface area contributed by atoms with Crippen molar-refractivity contribution in [1.82, 2.24) is 0 Å². The van der Waals surface area contributed by atoms with Crippen molar-refractivity contribution in [2.24, 2.45) is 0 Å². The quantitative estimate of drug-likeness (QED) is 0.735. The molecule has 3 N–H and O–H groups in total. The maximum Gasteiger partial charge on any atom is 0.227 e. The number of hydrogen-bond donors (Lipinski definition) is 3. The molecule has 1 unspecified atom stereocenters. The zero-order chi connectivity index (χ0) is 16.3. The monoisotopic (exact) mass is 339 g/mol. The van der Waals surface area contributed by atoms with Crippen molar-refractivity contribution < 1.29 is 15.0 Å². The van der Waals surface area contributed by atoms with Gasteiger partial charge in [0.15, 0.2) is 0 Å². The van der Waals surface area contributed by atoms with Crippen molar-refractivity contribution >= 4 is 34.8 Å². The third kappa shape index (κ3) is 4.13. The average molecular weight is 340 g/mol. The number of aliphatic hydroxyl groups is 1. The standard InChI is InChI=1S/C16H15Cl2NO3/c1-9-3-2-4-13(20)16(9)19-15(22)8-14(21)10-5-11(17)7-12(18)6-10/h2-7,14,20-21H,8H2,1H3,(H,19,22). The summed E-state index contributed by atoms with van der Waals surface area (Å²) in [5, 5.41) is 23.2. The van der Waals surface area contributed by atoms with Gasteiger partial charge in [-0.2, -0.15) is 0 Å². The van der Waals surface area contributed by atoms with Gasteiger partial charge in [-0.25, -0.2) is 0 Å². The minimum absolute atomic E-state index is 0.0198. The lowest BCUT2D eigenvalue weighted by Gasteiger charge is -2.14. The highest BCUT2D eigenvalue weighted by Crippen LogP contribution is 2.28. The second kappa shape index (κ2) is 7.01. The fourth-order valence-corrected chi connectivity index (χ4v) is 2.61. The number of carbonyl (C=O) groups is 1. The Balaban J connectivity index is 2.08. The molecule has 0 aromatic heterocycles. The van der Waals surface area contributed by atoms with Crippen LogP contribution < -0.4 is 5.32 Å². The average Bonchev–Trinajstić information content (AvgIpc) is 2.42. The van der Waals surface area contributed by atoms with E-state index in [1.54, 1.807) is 37.3 Å². The molecule has 0 heterocycles. The summed E-state index contributed by atoms with van der Waals surface area (Å²) in [6, 6.07) is 9.58. The minimum atomic E-state index is -1.04. The summed E-state index contributed by atoms with van der Waals surface area (Å²) in [7, 11) is 0. The third-order valence-corrected chi connectivity index (χ3v) is 3.60. The molecule has 2 rings (SSSR count). The van der Waals surface area contributed by atoms with Crippen LogP contribution in [0.3, 0.4) is 0 Å². The van der Waals surface area contributed by atoms with Gasteiger partial charge in [0.1, 0.15) is 5.75 Å². The molecule has 1 amide bonds. The van der Waals surface area contributed by atoms with E-state index in [0.29, 0.717) is 21.3 Å². The smallest absolute Gasteiger partial charge is 0.227 e. The minimum Gasteiger partial charge on any atom is -0.506 e. The van der Waals surface area contributed by atoms with Crippen LogP contribution in [0.1, 0.15) is 23.7 Å². The van der Waals surface area contributed by atoms with Crippen molar-refractivity contribution in [2.75, 3.05) is 5.32 Å². The van der Waals surface area contributed by atoms with E-state index in [1.165, 1.54) is 6.07 Å². The number of hydrogen-bond acceptors (Lipinski definition) is 3. The van der Waals surface area contributed by atoms with E-state index in [1.807, 2.05) is 0 Å². The molecule has 0 bridgehead atoms. The van der Waals surface area contributed by atoms with Crippen molar-refractivity contribution in [2.45, 2.75) is 19.4 Å². The van der Waals surface area contributed by atoms with Crippen LogP contribution in [0.25, 0.3) is 0 Å². The van der Waals surface area contributed by atoms with E-state index in [2.05, 4.69) is 5.32 Å². The van der Waals surface area contributed by atoms with Crippen LogP contribution in [-0.2, 0) is 4.79 Å². The van der Waals surface area contributed by atoms with E-state index < -0.39 is 12.0 Å². The number of amides is 1. The van der Waals surface area contributed by atoms with E-state index in [9.17, 15) is 15.0 Å². The maximum atomic E-state index is 12.0. The van der Waals surface area contributed by atoms with Gasteiger partial charge >= 0.3 is 0 Å². The molecule has 0 spiro atoms. The lowest BCUT2D eigenvalue weighted by atomic mass is 10.1. The van der Waals surface area contributed by atoms with E-state index in [0.717, 1.165) is 5.56 Å². The number of phenolic OH excluding ortho intramolecular Hbond substituents is 1. The van der Waals surface area contributed by atoms with Gasteiger partial charge < -0.3 is 15.5 Å². The lowest BCUT2D eigenvalue weighted by Crippen LogP contribution is -2.16. The predicted octanol–water partition coefficient (Wildman–Crippen LogP) is 4.07. The van der Waals surface area contributed by atoms with Crippen LogP contribution in [-0.4, -0.2) is 16.1 Å². The summed E-state index contributed by atoms with van der Waals surface area (Å²) < 4.78 is 0. The summed E-state index contributed by atoms with van der Waals surface area (Å²) in [6.07, 6.45) is -1.22. The topological polar surface area (TPSA) is 69.6 Å². The molecular formula is C16H15Cl2NO3. The highest BCUT2D eigenvalue weighted by Gasteiger charge is 2.16. The highest BCUT2D eigenvalue weighted by atomic mass is 35.5. The van der Waals surface area contributed by atoms with Gasteiger partial charge in [-0.05, 0) is 42.3 Å². The summed E-state index contributed by atoms with van der Waals surface area (Å²) in [6.45, 7) is 1.77. The Bertz CT molecular complexity index is 663.